The van der Waals surface area contributed by atoms with E-state index >= 15 is 0 Å². The van der Waals surface area contributed by atoms with Crippen molar-refractivity contribution in [3.8, 4) is 39.9 Å². The van der Waals surface area contributed by atoms with E-state index in [2.05, 4.69) is 11.9 Å². The predicted octanol–water partition coefficient (Wildman–Crippen LogP) is 3.18. The zero-order valence-corrected chi connectivity index (χ0v) is 16.4. The number of aromatic hydroxyl groups is 1. The molecule has 1 atom stereocenters. The molecule has 1 heterocycles. The standard InChI is InChI=1S/C21H25NO5/c1-22-7-6-12-17-14(22)8-11-9-15(24-2)16(25-3)10-13(11)18(17)21(27-5)19(23)20(12)26-4/h9-10,14,23H,6-8H2,1-5H3. The van der Waals surface area contributed by atoms with Crippen LogP contribution < -0.4 is 18.9 Å². The van der Waals surface area contributed by atoms with E-state index < -0.39 is 0 Å². The first-order valence-corrected chi connectivity index (χ1v) is 9.00. The first kappa shape index (κ1) is 17.8. The number of hydrogen-bond acceptors (Lipinski definition) is 6. The number of likely N-dealkylation sites (N-methyl/N-ethyl adjacent to an activating group) is 1. The Hall–Kier alpha value is -2.60. The molecule has 1 unspecified atom stereocenters. The van der Waals surface area contributed by atoms with Crippen molar-refractivity contribution in [1.29, 1.82) is 0 Å². The summed E-state index contributed by atoms with van der Waals surface area (Å²) in [6.45, 7) is 0.905. The van der Waals surface area contributed by atoms with Crippen molar-refractivity contribution >= 4 is 0 Å². The smallest absolute Gasteiger partial charge is 0.201 e. The fourth-order valence-electron chi connectivity index (χ4n) is 4.52. The molecule has 0 spiro atoms. The molecule has 6 nitrogen and oxygen atoms in total. The number of ether oxygens (including phenoxy) is 4. The van der Waals surface area contributed by atoms with Crippen LogP contribution in [-0.2, 0) is 12.8 Å². The van der Waals surface area contributed by atoms with Gasteiger partial charge in [-0.15, -0.1) is 0 Å². The summed E-state index contributed by atoms with van der Waals surface area (Å²) in [6, 6.07) is 4.20. The van der Waals surface area contributed by atoms with Crippen molar-refractivity contribution in [3.05, 3.63) is 28.8 Å². The second kappa shape index (κ2) is 6.53. The Morgan fingerprint density at radius 1 is 0.963 bits per heavy atom. The molecule has 6 heteroatoms. The molecule has 0 fully saturated rings. The van der Waals surface area contributed by atoms with Gasteiger partial charge >= 0.3 is 0 Å². The Labute approximate surface area is 159 Å². The molecule has 1 aliphatic carbocycles. The third kappa shape index (κ3) is 2.43. The lowest BCUT2D eigenvalue weighted by Gasteiger charge is -2.41. The fourth-order valence-corrected chi connectivity index (χ4v) is 4.52. The topological polar surface area (TPSA) is 60.4 Å². The fraction of sp³-hybridized carbons (Fsp3) is 0.429. The molecule has 2 aromatic carbocycles. The molecule has 0 saturated carbocycles. The van der Waals surface area contributed by atoms with Gasteiger partial charge in [-0.2, -0.15) is 0 Å². The third-order valence-electron chi connectivity index (χ3n) is 5.81. The summed E-state index contributed by atoms with van der Waals surface area (Å²) < 4.78 is 22.3. The average Bonchev–Trinajstić information content (AvgIpc) is 2.69. The minimum atomic E-state index is 0.0553. The van der Waals surface area contributed by atoms with Crippen LogP contribution in [0.3, 0.4) is 0 Å². The van der Waals surface area contributed by atoms with Gasteiger partial charge < -0.3 is 24.1 Å². The van der Waals surface area contributed by atoms with Crippen LogP contribution in [-0.4, -0.2) is 52.0 Å². The second-order valence-corrected chi connectivity index (χ2v) is 7.00. The van der Waals surface area contributed by atoms with E-state index in [1.54, 1.807) is 28.4 Å². The number of fused-ring (bicyclic) bond motifs is 2. The maximum absolute atomic E-state index is 10.9. The molecule has 1 aliphatic heterocycles. The first-order valence-electron chi connectivity index (χ1n) is 9.00. The lowest BCUT2D eigenvalue weighted by molar-refractivity contribution is 0.222. The van der Waals surface area contributed by atoms with E-state index in [9.17, 15) is 5.11 Å². The van der Waals surface area contributed by atoms with E-state index in [1.165, 1.54) is 5.56 Å². The zero-order chi connectivity index (χ0) is 19.3. The quantitative estimate of drug-likeness (QED) is 0.891. The molecule has 1 N–H and O–H groups in total. The van der Waals surface area contributed by atoms with Crippen molar-refractivity contribution in [2.75, 3.05) is 42.0 Å². The second-order valence-electron chi connectivity index (χ2n) is 7.00. The number of hydrogen-bond donors (Lipinski definition) is 1. The van der Waals surface area contributed by atoms with Crippen molar-refractivity contribution in [2.45, 2.75) is 18.9 Å². The number of nitrogens with zero attached hydrogens (tertiary/aromatic N) is 1. The van der Waals surface area contributed by atoms with Crippen LogP contribution in [0.4, 0.5) is 0 Å². The van der Waals surface area contributed by atoms with Gasteiger partial charge in [-0.25, -0.2) is 0 Å². The highest BCUT2D eigenvalue weighted by atomic mass is 16.5. The highest BCUT2D eigenvalue weighted by molar-refractivity contribution is 5.87. The van der Waals surface area contributed by atoms with Gasteiger partial charge in [0.05, 0.1) is 28.4 Å². The minimum Gasteiger partial charge on any atom is -0.502 e. The van der Waals surface area contributed by atoms with Gasteiger partial charge in [0, 0.05) is 23.7 Å². The van der Waals surface area contributed by atoms with E-state index in [0.29, 0.717) is 23.0 Å². The van der Waals surface area contributed by atoms with Gasteiger partial charge in [-0.3, -0.25) is 4.90 Å². The van der Waals surface area contributed by atoms with E-state index in [4.69, 9.17) is 18.9 Å². The van der Waals surface area contributed by atoms with E-state index in [-0.39, 0.29) is 11.8 Å². The van der Waals surface area contributed by atoms with E-state index in [1.807, 2.05) is 12.1 Å². The summed E-state index contributed by atoms with van der Waals surface area (Å²) in [5.74, 6) is 2.38. The highest BCUT2D eigenvalue weighted by Gasteiger charge is 2.39. The number of methoxy groups -OCH3 is 4. The Morgan fingerprint density at radius 2 is 1.63 bits per heavy atom. The molecule has 27 heavy (non-hydrogen) atoms. The summed E-state index contributed by atoms with van der Waals surface area (Å²) in [6.07, 6.45) is 1.67. The van der Waals surface area contributed by atoms with E-state index in [0.717, 1.165) is 41.6 Å². The molecule has 0 amide bonds. The molecule has 144 valence electrons. The van der Waals surface area contributed by atoms with Gasteiger partial charge in [0.2, 0.25) is 5.75 Å². The third-order valence-corrected chi connectivity index (χ3v) is 5.81. The van der Waals surface area contributed by atoms with Crippen molar-refractivity contribution < 1.29 is 24.1 Å². The summed E-state index contributed by atoms with van der Waals surface area (Å²) in [4.78, 5) is 2.35. The lowest BCUT2D eigenvalue weighted by Crippen LogP contribution is -2.36. The highest BCUT2D eigenvalue weighted by Crippen LogP contribution is 2.57. The SMILES string of the molecule is COc1cc2c(cc1OC)-c1c(OC)c(O)c(OC)c3c1C(C2)N(C)CC3. The van der Waals surface area contributed by atoms with Crippen LogP contribution in [0.25, 0.3) is 11.1 Å². The lowest BCUT2D eigenvalue weighted by atomic mass is 9.76. The summed E-state index contributed by atoms with van der Waals surface area (Å²) >= 11 is 0. The van der Waals surface area contributed by atoms with Crippen LogP contribution in [0.2, 0.25) is 0 Å². The monoisotopic (exact) mass is 371 g/mol. The summed E-state index contributed by atoms with van der Waals surface area (Å²) in [5.41, 5.74) is 5.31. The minimum absolute atomic E-state index is 0.0553. The van der Waals surface area contributed by atoms with Crippen LogP contribution in [0.1, 0.15) is 22.7 Å². The molecule has 0 aromatic heterocycles. The molecular weight excluding hydrogens is 346 g/mol. The van der Waals surface area contributed by atoms with Gasteiger partial charge in [0.15, 0.2) is 23.0 Å². The zero-order valence-electron chi connectivity index (χ0n) is 16.4. The summed E-state index contributed by atoms with van der Waals surface area (Å²) in [7, 11) is 8.57. The Morgan fingerprint density at radius 3 is 2.26 bits per heavy atom. The maximum atomic E-state index is 10.9. The maximum Gasteiger partial charge on any atom is 0.201 e. The predicted molar refractivity (Wildman–Crippen MR) is 103 cm³/mol. The van der Waals surface area contributed by atoms with Crippen molar-refractivity contribution in [2.24, 2.45) is 0 Å². The number of rotatable bonds is 4. The summed E-state index contributed by atoms with van der Waals surface area (Å²) in [5, 5.41) is 10.9. The van der Waals surface area contributed by atoms with Crippen molar-refractivity contribution in [3.63, 3.8) is 0 Å². The molecule has 0 saturated heterocycles. The van der Waals surface area contributed by atoms with Gasteiger partial charge in [-0.05, 0) is 48.7 Å². The number of phenolic OH excluding ortho intramolecular Hbond substituents is 1. The molecule has 0 bridgehead atoms. The molecule has 4 rings (SSSR count). The van der Waals surface area contributed by atoms with Crippen LogP contribution in [0, 0.1) is 0 Å². The molecule has 2 aliphatic rings. The van der Waals surface area contributed by atoms with Crippen LogP contribution in [0.15, 0.2) is 12.1 Å². The average molecular weight is 371 g/mol. The van der Waals surface area contributed by atoms with Gasteiger partial charge in [-0.1, -0.05) is 0 Å². The largest absolute Gasteiger partial charge is 0.502 e. The Balaban J connectivity index is 2.10. The Bertz CT molecular complexity index is 908. The van der Waals surface area contributed by atoms with Gasteiger partial charge in [0.1, 0.15) is 0 Å². The van der Waals surface area contributed by atoms with Crippen molar-refractivity contribution in [1.82, 2.24) is 4.90 Å². The molecule has 2 aromatic rings. The van der Waals surface area contributed by atoms with Gasteiger partial charge in [0.25, 0.3) is 0 Å². The molecular formula is C21H25NO5. The molecule has 0 radical (unpaired) electrons. The normalized spacial score (nSPS) is 17.7. The Kier molecular flexibility index (Phi) is 4.30. The van der Waals surface area contributed by atoms with Crippen LogP contribution in [0.5, 0.6) is 28.7 Å². The number of phenols is 1. The first-order chi connectivity index (χ1) is 13.0. The van der Waals surface area contributed by atoms with Crippen LogP contribution >= 0.6 is 0 Å². The number of benzene rings is 2.